The number of hydrogen-bond donors (Lipinski definition) is 1. The number of halogens is 4. The number of carbonyl (C=O) groups excluding carboxylic acids is 1. The van der Waals surface area contributed by atoms with Crippen LogP contribution in [0, 0.1) is 12.8 Å². The Morgan fingerprint density at radius 2 is 2.00 bits per heavy atom. The summed E-state index contributed by atoms with van der Waals surface area (Å²) in [5.41, 5.74) is -0.467. The van der Waals surface area contributed by atoms with Crippen LogP contribution in [0.25, 0.3) is 5.82 Å². The molecule has 1 aliphatic rings. The molecule has 0 radical (unpaired) electrons. The Kier molecular flexibility index (Phi) is 6.56. The van der Waals surface area contributed by atoms with E-state index in [1.165, 1.54) is 6.20 Å². The highest BCUT2D eigenvalue weighted by Gasteiger charge is 2.31. The van der Waals surface area contributed by atoms with Crippen LogP contribution in [0.15, 0.2) is 47.7 Å². The van der Waals surface area contributed by atoms with Gasteiger partial charge >= 0.3 is 6.18 Å². The molecule has 1 saturated heterocycles. The Morgan fingerprint density at radius 1 is 1.21 bits per heavy atom. The number of aryl methyl sites for hydroxylation is 1. The summed E-state index contributed by atoms with van der Waals surface area (Å²) in [6.07, 6.45) is 0.388. The van der Waals surface area contributed by atoms with Crippen LogP contribution in [0.5, 0.6) is 0 Å². The molecule has 1 atom stereocenters. The number of nitrogens with zero attached hydrogens (tertiary/aromatic N) is 5. The van der Waals surface area contributed by atoms with Crippen LogP contribution in [-0.2, 0) is 11.0 Å². The van der Waals surface area contributed by atoms with Crippen molar-refractivity contribution in [3.05, 3.63) is 69.4 Å². The molecule has 0 aromatic carbocycles. The van der Waals surface area contributed by atoms with Gasteiger partial charge in [0.15, 0.2) is 5.82 Å². The molecule has 1 aliphatic heterocycles. The zero-order valence-electron chi connectivity index (χ0n) is 18.0. The second-order valence-corrected chi connectivity index (χ2v) is 8.28. The van der Waals surface area contributed by atoms with Crippen LogP contribution in [0.3, 0.4) is 0 Å². The fourth-order valence-electron chi connectivity index (χ4n) is 3.73. The van der Waals surface area contributed by atoms with E-state index in [1.54, 1.807) is 17.2 Å². The first-order chi connectivity index (χ1) is 16.1. The molecule has 0 bridgehead atoms. The molecule has 178 valence electrons. The molecule has 1 amide bonds. The number of alkyl halides is 3. The van der Waals surface area contributed by atoms with E-state index < -0.39 is 17.3 Å². The van der Waals surface area contributed by atoms with E-state index in [0.717, 1.165) is 22.4 Å². The Labute approximate surface area is 197 Å². The summed E-state index contributed by atoms with van der Waals surface area (Å²) >= 11 is 6.33. The SMILES string of the molecule is Cc1cccnc1NC(=O)C1CCCN(c2cnn(-c3ccc(C(F)(F)F)cn3)c(=O)c2Cl)C1. The minimum Gasteiger partial charge on any atom is -0.368 e. The van der Waals surface area contributed by atoms with Crippen molar-refractivity contribution >= 4 is 29.0 Å². The third-order valence-electron chi connectivity index (χ3n) is 5.58. The van der Waals surface area contributed by atoms with Crippen LogP contribution >= 0.6 is 11.6 Å². The maximum absolute atomic E-state index is 12.8. The predicted octanol–water partition coefficient (Wildman–Crippen LogP) is 3.86. The minimum atomic E-state index is -4.54. The van der Waals surface area contributed by atoms with Crippen molar-refractivity contribution in [2.75, 3.05) is 23.3 Å². The average Bonchev–Trinajstić information content (AvgIpc) is 2.82. The number of piperidine rings is 1. The first-order valence-corrected chi connectivity index (χ1v) is 10.8. The highest BCUT2D eigenvalue weighted by molar-refractivity contribution is 6.33. The molecule has 0 spiro atoms. The van der Waals surface area contributed by atoms with Crippen molar-refractivity contribution in [3.63, 3.8) is 0 Å². The summed E-state index contributed by atoms with van der Waals surface area (Å²) in [5.74, 6) is -0.132. The average molecular weight is 493 g/mol. The van der Waals surface area contributed by atoms with E-state index in [9.17, 15) is 22.8 Å². The largest absolute Gasteiger partial charge is 0.417 e. The van der Waals surface area contributed by atoms with Gasteiger partial charge in [-0.2, -0.15) is 23.0 Å². The molecule has 3 aromatic rings. The van der Waals surface area contributed by atoms with Gasteiger partial charge < -0.3 is 10.2 Å². The van der Waals surface area contributed by atoms with Gasteiger partial charge in [0, 0.05) is 25.5 Å². The molecule has 34 heavy (non-hydrogen) atoms. The molecule has 12 heteroatoms. The number of nitrogens with one attached hydrogen (secondary N) is 1. The summed E-state index contributed by atoms with van der Waals surface area (Å²) in [7, 11) is 0. The summed E-state index contributed by atoms with van der Waals surface area (Å²) in [5, 5.41) is 6.74. The first-order valence-electron chi connectivity index (χ1n) is 10.4. The lowest BCUT2D eigenvalue weighted by Crippen LogP contribution is -2.42. The number of rotatable bonds is 4. The number of pyridine rings is 2. The van der Waals surface area contributed by atoms with E-state index in [0.29, 0.717) is 43.6 Å². The molecule has 1 fully saturated rings. The van der Waals surface area contributed by atoms with Gasteiger partial charge in [-0.1, -0.05) is 17.7 Å². The summed E-state index contributed by atoms with van der Waals surface area (Å²) in [6, 6.07) is 5.50. The number of anilines is 2. The Hall–Kier alpha value is -3.47. The van der Waals surface area contributed by atoms with Gasteiger partial charge in [0.25, 0.3) is 5.56 Å². The zero-order chi connectivity index (χ0) is 24.5. The number of amides is 1. The van der Waals surface area contributed by atoms with Crippen molar-refractivity contribution in [2.45, 2.75) is 25.9 Å². The molecule has 4 heterocycles. The number of carbonyl (C=O) groups is 1. The zero-order valence-corrected chi connectivity index (χ0v) is 18.8. The van der Waals surface area contributed by atoms with E-state index >= 15 is 0 Å². The van der Waals surface area contributed by atoms with Crippen molar-refractivity contribution in [2.24, 2.45) is 5.92 Å². The van der Waals surface area contributed by atoms with Crippen molar-refractivity contribution < 1.29 is 18.0 Å². The monoisotopic (exact) mass is 492 g/mol. The predicted molar refractivity (Wildman–Crippen MR) is 120 cm³/mol. The van der Waals surface area contributed by atoms with Gasteiger partial charge in [0.2, 0.25) is 5.91 Å². The molecule has 4 rings (SSSR count). The minimum absolute atomic E-state index is 0.0897. The summed E-state index contributed by atoms with van der Waals surface area (Å²) < 4.78 is 39.2. The fourth-order valence-corrected chi connectivity index (χ4v) is 3.98. The lowest BCUT2D eigenvalue weighted by atomic mass is 9.96. The lowest BCUT2D eigenvalue weighted by Gasteiger charge is -2.33. The van der Waals surface area contributed by atoms with Gasteiger partial charge in [-0.05, 0) is 43.5 Å². The van der Waals surface area contributed by atoms with Gasteiger partial charge in [-0.15, -0.1) is 0 Å². The molecule has 1 unspecified atom stereocenters. The van der Waals surface area contributed by atoms with E-state index in [2.05, 4.69) is 20.4 Å². The normalized spacial score (nSPS) is 16.4. The van der Waals surface area contributed by atoms with Crippen LogP contribution in [0.4, 0.5) is 24.7 Å². The van der Waals surface area contributed by atoms with Gasteiger partial charge in [0.05, 0.1) is 23.4 Å². The molecule has 0 saturated carbocycles. The van der Waals surface area contributed by atoms with Crippen LogP contribution in [0.1, 0.15) is 24.0 Å². The van der Waals surface area contributed by atoms with Gasteiger partial charge in [-0.3, -0.25) is 9.59 Å². The molecular formula is C22H20ClF3N6O2. The third kappa shape index (κ3) is 4.89. The summed E-state index contributed by atoms with van der Waals surface area (Å²) in [4.78, 5) is 35.3. The van der Waals surface area contributed by atoms with Crippen molar-refractivity contribution in [3.8, 4) is 5.82 Å². The van der Waals surface area contributed by atoms with E-state index in [1.807, 2.05) is 13.0 Å². The standard InChI is InChI=1S/C22H20ClF3N6O2/c1-13-4-2-8-27-19(13)30-20(33)14-5-3-9-31(12-14)16-11-29-32(21(34)18(16)23)17-7-6-15(10-28-17)22(24,25)26/h2,4,6-8,10-11,14H,3,5,9,12H2,1H3,(H,27,30,33). The Morgan fingerprint density at radius 3 is 2.68 bits per heavy atom. The maximum atomic E-state index is 12.8. The smallest absolute Gasteiger partial charge is 0.368 e. The highest BCUT2D eigenvalue weighted by Crippen LogP contribution is 2.30. The lowest BCUT2D eigenvalue weighted by molar-refractivity contribution is -0.137. The first kappa shape index (κ1) is 23.7. The number of aromatic nitrogens is 4. The Balaban J connectivity index is 1.53. The molecule has 3 aromatic heterocycles. The third-order valence-corrected chi connectivity index (χ3v) is 5.93. The van der Waals surface area contributed by atoms with Crippen molar-refractivity contribution in [1.82, 2.24) is 19.7 Å². The van der Waals surface area contributed by atoms with Gasteiger partial charge in [0.1, 0.15) is 10.8 Å². The molecular weight excluding hydrogens is 473 g/mol. The van der Waals surface area contributed by atoms with E-state index in [-0.39, 0.29) is 22.7 Å². The second-order valence-electron chi connectivity index (χ2n) is 7.91. The molecule has 8 nitrogen and oxygen atoms in total. The van der Waals surface area contributed by atoms with Crippen molar-refractivity contribution in [1.29, 1.82) is 0 Å². The van der Waals surface area contributed by atoms with E-state index in [4.69, 9.17) is 11.6 Å². The summed E-state index contributed by atoms with van der Waals surface area (Å²) in [6.45, 7) is 2.73. The quantitative estimate of drug-likeness (QED) is 0.594. The molecule has 1 N–H and O–H groups in total. The van der Waals surface area contributed by atoms with Crippen LogP contribution < -0.4 is 15.8 Å². The second kappa shape index (κ2) is 9.41. The fraction of sp³-hybridized carbons (Fsp3) is 0.318. The topological polar surface area (TPSA) is 93.0 Å². The maximum Gasteiger partial charge on any atom is 0.417 e. The highest BCUT2D eigenvalue weighted by atomic mass is 35.5. The number of hydrogen-bond acceptors (Lipinski definition) is 6. The van der Waals surface area contributed by atoms with Crippen LogP contribution in [-0.4, -0.2) is 38.7 Å². The van der Waals surface area contributed by atoms with Crippen LogP contribution in [0.2, 0.25) is 5.02 Å². The van der Waals surface area contributed by atoms with Gasteiger partial charge in [-0.25, -0.2) is 9.97 Å². The Bertz CT molecular complexity index is 1260. The molecule has 0 aliphatic carbocycles.